The monoisotopic (exact) mass is 361 g/mol. The maximum absolute atomic E-state index is 12.9. The van der Waals surface area contributed by atoms with E-state index in [1.807, 2.05) is 85.8 Å². The number of methoxy groups -OCH3 is 1. The van der Waals surface area contributed by atoms with Gasteiger partial charge in [0.15, 0.2) is 6.61 Å². The van der Waals surface area contributed by atoms with Crippen LogP contribution in [0.25, 0.3) is 0 Å². The van der Waals surface area contributed by atoms with Crippen molar-refractivity contribution in [3.8, 4) is 11.5 Å². The van der Waals surface area contributed by atoms with Gasteiger partial charge >= 0.3 is 0 Å². The van der Waals surface area contributed by atoms with Gasteiger partial charge in [-0.15, -0.1) is 0 Å². The number of hydrogen-bond acceptors (Lipinski definition) is 3. The Hall–Kier alpha value is -3.27. The van der Waals surface area contributed by atoms with Crippen LogP contribution in [0.1, 0.15) is 11.1 Å². The molecule has 3 aromatic rings. The summed E-state index contributed by atoms with van der Waals surface area (Å²) in [7, 11) is 1.62. The maximum atomic E-state index is 12.9. The minimum absolute atomic E-state index is 0.0259. The van der Waals surface area contributed by atoms with Crippen molar-refractivity contribution in [3.05, 3.63) is 90.0 Å². The van der Waals surface area contributed by atoms with Gasteiger partial charge in [0, 0.05) is 5.69 Å². The first-order valence-electron chi connectivity index (χ1n) is 8.83. The van der Waals surface area contributed by atoms with E-state index in [4.69, 9.17) is 9.47 Å². The number of aryl methyl sites for hydroxylation is 1. The lowest BCUT2D eigenvalue weighted by Crippen LogP contribution is -2.34. The summed E-state index contributed by atoms with van der Waals surface area (Å²) in [6.07, 6.45) is 0. The van der Waals surface area contributed by atoms with Crippen LogP contribution in [0.5, 0.6) is 11.5 Å². The van der Waals surface area contributed by atoms with E-state index in [9.17, 15) is 4.79 Å². The van der Waals surface area contributed by atoms with Crippen molar-refractivity contribution < 1.29 is 14.3 Å². The van der Waals surface area contributed by atoms with E-state index in [1.165, 1.54) is 0 Å². The Labute approximate surface area is 160 Å². The van der Waals surface area contributed by atoms with Gasteiger partial charge in [0.1, 0.15) is 11.5 Å². The minimum atomic E-state index is -0.107. The highest BCUT2D eigenvalue weighted by Crippen LogP contribution is 2.22. The fourth-order valence-electron chi connectivity index (χ4n) is 2.71. The Morgan fingerprint density at radius 1 is 0.852 bits per heavy atom. The first-order valence-corrected chi connectivity index (χ1v) is 8.83. The molecule has 0 heterocycles. The zero-order valence-corrected chi connectivity index (χ0v) is 15.6. The van der Waals surface area contributed by atoms with Gasteiger partial charge in [0.2, 0.25) is 0 Å². The van der Waals surface area contributed by atoms with Crippen LogP contribution in [0.3, 0.4) is 0 Å². The molecule has 3 aromatic carbocycles. The number of nitrogens with zero attached hydrogens (tertiary/aromatic N) is 1. The number of rotatable bonds is 7. The summed E-state index contributed by atoms with van der Waals surface area (Å²) >= 11 is 0. The average molecular weight is 361 g/mol. The quantitative estimate of drug-likeness (QED) is 0.616. The highest BCUT2D eigenvalue weighted by Gasteiger charge is 2.17. The molecule has 0 aliphatic rings. The van der Waals surface area contributed by atoms with Crippen molar-refractivity contribution in [1.29, 1.82) is 0 Å². The van der Waals surface area contributed by atoms with E-state index in [0.717, 1.165) is 22.6 Å². The molecule has 27 heavy (non-hydrogen) atoms. The molecule has 0 aliphatic heterocycles. The first-order chi connectivity index (χ1) is 13.2. The summed E-state index contributed by atoms with van der Waals surface area (Å²) < 4.78 is 10.9. The van der Waals surface area contributed by atoms with E-state index in [-0.39, 0.29) is 12.5 Å². The van der Waals surface area contributed by atoms with Crippen molar-refractivity contribution in [2.24, 2.45) is 0 Å². The number of anilines is 1. The Morgan fingerprint density at radius 2 is 1.48 bits per heavy atom. The molecule has 0 aliphatic carbocycles. The smallest absolute Gasteiger partial charge is 0.265 e. The number of amides is 1. The lowest BCUT2D eigenvalue weighted by Gasteiger charge is -2.23. The van der Waals surface area contributed by atoms with Crippen molar-refractivity contribution in [3.63, 3.8) is 0 Å². The Balaban J connectivity index is 1.76. The second kappa shape index (κ2) is 8.90. The summed E-state index contributed by atoms with van der Waals surface area (Å²) in [6.45, 7) is 2.46. The van der Waals surface area contributed by atoms with Crippen LogP contribution in [-0.4, -0.2) is 19.6 Å². The van der Waals surface area contributed by atoms with Crippen LogP contribution < -0.4 is 14.4 Å². The third kappa shape index (κ3) is 5.11. The standard InChI is InChI=1S/C23H23NO3/c1-18-8-12-22(13-9-18)27-17-23(25)24(16-19-6-4-3-5-7-19)20-10-14-21(26-2)15-11-20/h3-15H,16-17H2,1-2H3. The molecule has 0 saturated carbocycles. The molecule has 0 radical (unpaired) electrons. The number of hydrogen-bond donors (Lipinski definition) is 0. The molecule has 3 rings (SSSR count). The predicted octanol–water partition coefficient (Wildman–Crippen LogP) is 4.62. The Morgan fingerprint density at radius 3 is 2.11 bits per heavy atom. The fourth-order valence-corrected chi connectivity index (χ4v) is 2.71. The summed E-state index contributed by atoms with van der Waals surface area (Å²) in [6, 6.07) is 25.0. The largest absolute Gasteiger partial charge is 0.497 e. The molecule has 0 aromatic heterocycles. The van der Waals surface area contributed by atoms with Gasteiger partial charge in [-0.3, -0.25) is 4.79 Å². The van der Waals surface area contributed by atoms with Gasteiger partial charge in [-0.25, -0.2) is 0 Å². The van der Waals surface area contributed by atoms with E-state index >= 15 is 0 Å². The lowest BCUT2D eigenvalue weighted by molar-refractivity contribution is -0.120. The van der Waals surface area contributed by atoms with E-state index in [0.29, 0.717) is 12.3 Å². The molecule has 0 N–H and O–H groups in total. The number of carbonyl (C=O) groups excluding carboxylic acids is 1. The molecule has 4 heteroatoms. The number of carbonyl (C=O) groups is 1. The fraction of sp³-hybridized carbons (Fsp3) is 0.174. The molecule has 0 bridgehead atoms. The van der Waals surface area contributed by atoms with E-state index < -0.39 is 0 Å². The number of benzene rings is 3. The van der Waals surface area contributed by atoms with Crippen LogP contribution in [0.15, 0.2) is 78.9 Å². The highest BCUT2D eigenvalue weighted by atomic mass is 16.5. The molecule has 138 valence electrons. The second-order valence-electron chi connectivity index (χ2n) is 6.27. The molecule has 0 fully saturated rings. The summed E-state index contributed by atoms with van der Waals surface area (Å²) in [4.78, 5) is 14.6. The molecule has 1 amide bonds. The molecular weight excluding hydrogens is 338 g/mol. The molecule has 0 saturated heterocycles. The van der Waals surface area contributed by atoms with Crippen molar-refractivity contribution in [1.82, 2.24) is 0 Å². The molecule has 0 unspecified atom stereocenters. The third-order valence-corrected chi connectivity index (χ3v) is 4.25. The van der Waals surface area contributed by atoms with Gasteiger partial charge < -0.3 is 14.4 Å². The van der Waals surface area contributed by atoms with E-state index in [1.54, 1.807) is 12.0 Å². The Kier molecular flexibility index (Phi) is 6.10. The van der Waals surface area contributed by atoms with Gasteiger partial charge in [0.05, 0.1) is 13.7 Å². The topological polar surface area (TPSA) is 38.8 Å². The molecular formula is C23H23NO3. The zero-order valence-electron chi connectivity index (χ0n) is 15.6. The van der Waals surface area contributed by atoms with Gasteiger partial charge in [0.25, 0.3) is 5.91 Å². The van der Waals surface area contributed by atoms with Crippen LogP contribution in [0.4, 0.5) is 5.69 Å². The lowest BCUT2D eigenvalue weighted by atomic mass is 10.2. The zero-order chi connectivity index (χ0) is 19.1. The second-order valence-corrected chi connectivity index (χ2v) is 6.27. The molecule has 0 atom stereocenters. The van der Waals surface area contributed by atoms with Crippen LogP contribution in [-0.2, 0) is 11.3 Å². The van der Waals surface area contributed by atoms with Crippen LogP contribution >= 0.6 is 0 Å². The van der Waals surface area contributed by atoms with Crippen LogP contribution in [0.2, 0.25) is 0 Å². The van der Waals surface area contributed by atoms with Crippen molar-refractivity contribution in [2.75, 3.05) is 18.6 Å². The number of ether oxygens (including phenoxy) is 2. The Bertz CT molecular complexity index is 858. The third-order valence-electron chi connectivity index (χ3n) is 4.25. The van der Waals surface area contributed by atoms with Crippen LogP contribution in [0, 0.1) is 6.92 Å². The highest BCUT2D eigenvalue weighted by molar-refractivity contribution is 5.94. The molecule has 0 spiro atoms. The van der Waals surface area contributed by atoms with Crippen molar-refractivity contribution >= 4 is 11.6 Å². The maximum Gasteiger partial charge on any atom is 0.265 e. The van der Waals surface area contributed by atoms with Gasteiger partial charge in [-0.1, -0.05) is 48.0 Å². The average Bonchev–Trinajstić information content (AvgIpc) is 2.72. The van der Waals surface area contributed by atoms with Gasteiger partial charge in [-0.05, 0) is 48.9 Å². The normalized spacial score (nSPS) is 10.3. The SMILES string of the molecule is COc1ccc(N(Cc2ccccc2)C(=O)COc2ccc(C)cc2)cc1. The molecule has 4 nitrogen and oxygen atoms in total. The van der Waals surface area contributed by atoms with E-state index in [2.05, 4.69) is 0 Å². The summed E-state index contributed by atoms with van der Waals surface area (Å²) in [5.74, 6) is 1.33. The minimum Gasteiger partial charge on any atom is -0.497 e. The summed E-state index contributed by atoms with van der Waals surface area (Å²) in [5, 5.41) is 0. The van der Waals surface area contributed by atoms with Gasteiger partial charge in [-0.2, -0.15) is 0 Å². The van der Waals surface area contributed by atoms with Crippen molar-refractivity contribution in [2.45, 2.75) is 13.5 Å². The summed E-state index contributed by atoms with van der Waals surface area (Å²) in [5.41, 5.74) is 3.01. The predicted molar refractivity (Wildman–Crippen MR) is 107 cm³/mol. The first kappa shape index (κ1) is 18.5.